The Bertz CT molecular complexity index is 752. The summed E-state index contributed by atoms with van der Waals surface area (Å²) in [7, 11) is 0. The monoisotopic (exact) mass is 366 g/mol. The minimum absolute atomic E-state index is 0.0234. The Morgan fingerprint density at radius 3 is 2.74 bits per heavy atom. The van der Waals surface area contributed by atoms with Crippen molar-refractivity contribution in [2.45, 2.75) is 13.1 Å². The van der Waals surface area contributed by atoms with E-state index >= 15 is 0 Å². The highest BCUT2D eigenvalue weighted by Crippen LogP contribution is 2.36. The van der Waals surface area contributed by atoms with Gasteiger partial charge < -0.3 is 9.17 Å². The number of aromatic amines is 1. The molecule has 2 aromatic rings. The summed E-state index contributed by atoms with van der Waals surface area (Å²) in [5.74, 6) is -0.244. The fourth-order valence-electron chi connectivity index (χ4n) is 1.61. The van der Waals surface area contributed by atoms with Crippen LogP contribution in [0.2, 0.25) is 5.15 Å². The minimum atomic E-state index is -4.59. The summed E-state index contributed by atoms with van der Waals surface area (Å²) < 4.78 is 48.4. The number of hydrogen-bond donors (Lipinski definition) is 1. The van der Waals surface area contributed by atoms with E-state index in [-0.39, 0.29) is 28.8 Å². The van der Waals surface area contributed by atoms with Crippen molar-refractivity contribution in [3.8, 4) is 17.0 Å². The molecule has 10 heteroatoms. The lowest BCUT2D eigenvalue weighted by atomic mass is 10.1. The van der Waals surface area contributed by atoms with Gasteiger partial charge in [0.05, 0.1) is 17.7 Å². The number of H-pyrrole nitrogens is 1. The molecule has 0 unspecified atom stereocenters. The molecule has 5 nitrogen and oxygen atoms in total. The summed E-state index contributed by atoms with van der Waals surface area (Å²) in [6, 6.07) is 1.85. The third-order valence-corrected chi connectivity index (χ3v) is 3.40. The Hall–Kier alpha value is -1.71. The number of rotatable bonds is 5. The molecule has 0 aliphatic carbocycles. The highest BCUT2D eigenvalue weighted by molar-refractivity contribution is 7.90. The number of pyridine rings is 2. The first-order chi connectivity index (χ1) is 10.8. The van der Waals surface area contributed by atoms with Crippen LogP contribution in [0, 0.1) is 0 Å². The van der Waals surface area contributed by atoms with E-state index in [0.717, 1.165) is 12.1 Å². The minimum Gasteiger partial charge on any atom is -0.398 e. The highest BCUT2D eigenvalue weighted by Gasteiger charge is 2.32. The lowest BCUT2D eigenvalue weighted by Crippen LogP contribution is -2.09. The number of hydrogen-bond acceptors (Lipinski definition) is 5. The first kappa shape index (κ1) is 17.6. The van der Waals surface area contributed by atoms with Gasteiger partial charge in [-0.25, -0.2) is 0 Å². The van der Waals surface area contributed by atoms with E-state index in [4.69, 9.17) is 20.0 Å². The number of alkyl halides is 3. The van der Waals surface area contributed by atoms with E-state index in [9.17, 15) is 18.0 Å². The number of aromatic nitrogens is 2. The van der Waals surface area contributed by atoms with Crippen LogP contribution in [0.1, 0.15) is 12.5 Å². The predicted octanol–water partition coefficient (Wildman–Crippen LogP) is 4.09. The third kappa shape index (κ3) is 4.40. The Morgan fingerprint density at radius 1 is 1.39 bits per heavy atom. The molecule has 0 saturated carbocycles. The molecule has 23 heavy (non-hydrogen) atoms. The molecule has 0 fully saturated rings. The van der Waals surface area contributed by atoms with Crippen molar-refractivity contribution >= 4 is 23.9 Å². The molecule has 124 valence electrons. The molecule has 2 rings (SSSR count). The molecular weight excluding hydrogens is 357 g/mol. The molecule has 0 bridgehead atoms. The summed E-state index contributed by atoms with van der Waals surface area (Å²) in [5.41, 5.74) is -1.54. The van der Waals surface area contributed by atoms with Crippen molar-refractivity contribution in [1.29, 1.82) is 0 Å². The molecule has 0 saturated heterocycles. The van der Waals surface area contributed by atoms with Crippen LogP contribution in [0.5, 0.6) is 5.75 Å². The van der Waals surface area contributed by atoms with Gasteiger partial charge in [-0.2, -0.15) is 13.2 Å². The molecule has 0 aliphatic rings. The van der Waals surface area contributed by atoms with Crippen molar-refractivity contribution in [3.05, 3.63) is 45.5 Å². The zero-order valence-electron chi connectivity index (χ0n) is 11.6. The number of nitrogens with zero attached hydrogens (tertiary/aromatic N) is 1. The second-order valence-electron chi connectivity index (χ2n) is 4.19. The summed E-state index contributed by atoms with van der Waals surface area (Å²) in [4.78, 5) is 18.2. The molecule has 0 atom stereocenters. The van der Waals surface area contributed by atoms with Crippen molar-refractivity contribution in [2.24, 2.45) is 0 Å². The maximum Gasteiger partial charge on any atom is 0.418 e. The Balaban J connectivity index is 2.50. The lowest BCUT2D eigenvalue weighted by molar-refractivity contribution is -0.137. The quantitative estimate of drug-likeness (QED) is 0.490. The molecule has 2 aromatic heterocycles. The Labute approximate surface area is 138 Å². The number of halogens is 4. The van der Waals surface area contributed by atoms with E-state index in [1.165, 1.54) is 6.20 Å². The smallest absolute Gasteiger partial charge is 0.398 e. The van der Waals surface area contributed by atoms with Gasteiger partial charge in [0, 0.05) is 18.5 Å². The SMILES string of the molecule is CCOSOc1cc(C(F)(F)F)cnc1-c1c[nH]c(Cl)cc1=O. The van der Waals surface area contributed by atoms with Gasteiger partial charge in [-0.05, 0) is 13.0 Å². The fourth-order valence-corrected chi connectivity index (χ4v) is 2.10. The topological polar surface area (TPSA) is 64.2 Å². The van der Waals surface area contributed by atoms with Crippen LogP contribution in [0.3, 0.4) is 0 Å². The summed E-state index contributed by atoms with van der Waals surface area (Å²) >= 11 is 6.15. The largest absolute Gasteiger partial charge is 0.418 e. The molecular formula is C13H10ClF3N2O3S. The van der Waals surface area contributed by atoms with Crippen LogP contribution in [0.4, 0.5) is 13.2 Å². The Morgan fingerprint density at radius 2 is 2.13 bits per heavy atom. The van der Waals surface area contributed by atoms with Crippen molar-refractivity contribution < 1.29 is 21.5 Å². The van der Waals surface area contributed by atoms with Gasteiger partial charge in [-0.15, -0.1) is 0 Å². The lowest BCUT2D eigenvalue weighted by Gasteiger charge is -2.12. The molecule has 0 spiro atoms. The first-order valence-corrected chi connectivity index (χ1v) is 7.29. The van der Waals surface area contributed by atoms with Crippen LogP contribution in [-0.4, -0.2) is 16.6 Å². The Kier molecular flexibility index (Phi) is 5.55. The summed E-state index contributed by atoms with van der Waals surface area (Å²) in [6.07, 6.45) is -2.72. The molecule has 0 aromatic carbocycles. The predicted molar refractivity (Wildman–Crippen MR) is 80.2 cm³/mol. The van der Waals surface area contributed by atoms with Gasteiger partial charge in [0.1, 0.15) is 10.8 Å². The van der Waals surface area contributed by atoms with Crippen LogP contribution < -0.4 is 9.61 Å². The fraction of sp³-hybridized carbons (Fsp3) is 0.231. The first-order valence-electron chi connectivity index (χ1n) is 6.25. The van der Waals surface area contributed by atoms with Crippen LogP contribution in [0.25, 0.3) is 11.3 Å². The standard InChI is InChI=1S/C13H10ClF3N2O3S/c1-2-21-23-22-10-3-7(13(15,16)17)5-19-12(10)8-6-18-11(14)4-9(8)20/h3-6H,2H2,1H3,(H,18,20). The van der Waals surface area contributed by atoms with E-state index in [1.54, 1.807) is 6.92 Å². The van der Waals surface area contributed by atoms with Crippen LogP contribution >= 0.6 is 23.9 Å². The number of nitrogens with one attached hydrogen (secondary N) is 1. The van der Waals surface area contributed by atoms with Crippen LogP contribution in [-0.2, 0) is 10.4 Å². The highest BCUT2D eigenvalue weighted by atomic mass is 35.5. The van der Waals surface area contributed by atoms with Gasteiger partial charge >= 0.3 is 6.18 Å². The van der Waals surface area contributed by atoms with Crippen LogP contribution in [0.15, 0.2) is 29.3 Å². The van der Waals surface area contributed by atoms with Crippen molar-refractivity contribution in [2.75, 3.05) is 6.61 Å². The van der Waals surface area contributed by atoms with Gasteiger partial charge in [-0.1, -0.05) is 11.6 Å². The van der Waals surface area contributed by atoms with Crippen molar-refractivity contribution in [3.63, 3.8) is 0 Å². The van der Waals surface area contributed by atoms with Gasteiger partial charge in [0.25, 0.3) is 0 Å². The molecule has 0 aliphatic heterocycles. The zero-order valence-corrected chi connectivity index (χ0v) is 13.2. The molecule has 0 radical (unpaired) electrons. The van der Waals surface area contributed by atoms with Gasteiger partial charge in [0.15, 0.2) is 11.2 Å². The molecule has 0 amide bonds. The maximum atomic E-state index is 12.8. The van der Waals surface area contributed by atoms with E-state index < -0.39 is 17.2 Å². The average molecular weight is 367 g/mol. The zero-order chi connectivity index (χ0) is 17.0. The van der Waals surface area contributed by atoms with Gasteiger partial charge in [-0.3, -0.25) is 14.0 Å². The average Bonchev–Trinajstić information content (AvgIpc) is 2.47. The second-order valence-corrected chi connectivity index (χ2v) is 5.13. The van der Waals surface area contributed by atoms with Gasteiger partial charge in [0.2, 0.25) is 12.3 Å². The van der Waals surface area contributed by atoms with E-state index in [2.05, 4.69) is 9.97 Å². The normalized spacial score (nSPS) is 11.5. The molecule has 2 heterocycles. The molecule has 1 N–H and O–H groups in total. The summed E-state index contributed by atoms with van der Waals surface area (Å²) in [6.45, 7) is 1.97. The third-order valence-electron chi connectivity index (χ3n) is 2.60. The maximum absolute atomic E-state index is 12.8. The van der Waals surface area contributed by atoms with Crippen molar-refractivity contribution in [1.82, 2.24) is 9.97 Å². The summed E-state index contributed by atoms with van der Waals surface area (Å²) in [5, 5.41) is 0.0943. The van der Waals surface area contributed by atoms with E-state index in [0.29, 0.717) is 18.5 Å². The second kappa shape index (κ2) is 7.24. The van der Waals surface area contributed by atoms with E-state index in [1.807, 2.05) is 0 Å².